The van der Waals surface area contributed by atoms with Crippen molar-refractivity contribution in [2.24, 2.45) is 0 Å². The topological polar surface area (TPSA) is 84.8 Å². The predicted molar refractivity (Wildman–Crippen MR) is 109 cm³/mol. The number of rotatable bonds is 6. The van der Waals surface area contributed by atoms with Crippen LogP contribution in [-0.4, -0.2) is 39.1 Å². The molecule has 31 heavy (non-hydrogen) atoms. The first-order chi connectivity index (χ1) is 14.8. The summed E-state index contributed by atoms with van der Waals surface area (Å²) < 4.78 is 45.8. The molecule has 1 atom stereocenters. The molecule has 0 aliphatic heterocycles. The molecule has 2 aromatic carbocycles. The Hall–Kier alpha value is -3.40. The van der Waals surface area contributed by atoms with Gasteiger partial charge in [-0.1, -0.05) is 12.1 Å². The van der Waals surface area contributed by atoms with Gasteiger partial charge in [-0.2, -0.15) is 13.2 Å². The number of benzene rings is 2. The van der Waals surface area contributed by atoms with E-state index in [2.05, 4.69) is 20.3 Å². The lowest BCUT2D eigenvalue weighted by atomic mass is 10.1. The van der Waals surface area contributed by atoms with E-state index in [4.69, 9.17) is 4.74 Å². The van der Waals surface area contributed by atoms with Gasteiger partial charge >= 0.3 is 6.18 Å². The second-order valence-corrected chi connectivity index (χ2v) is 7.11. The van der Waals surface area contributed by atoms with E-state index in [1.807, 2.05) is 28.8 Å². The minimum Gasteiger partial charge on any atom is -0.383 e. The predicted octanol–water partition coefficient (Wildman–Crippen LogP) is 4.07. The van der Waals surface area contributed by atoms with Crippen molar-refractivity contribution < 1.29 is 22.7 Å². The van der Waals surface area contributed by atoms with Gasteiger partial charge in [-0.15, -0.1) is 0 Å². The van der Waals surface area contributed by atoms with Crippen molar-refractivity contribution in [3.05, 3.63) is 59.7 Å². The van der Waals surface area contributed by atoms with Crippen LogP contribution in [0, 0.1) is 0 Å². The molecule has 1 amide bonds. The molecular formula is C21H20F3N5O2. The molecule has 0 bridgehead atoms. The molecule has 0 aliphatic carbocycles. The highest BCUT2D eigenvalue weighted by atomic mass is 19.4. The van der Waals surface area contributed by atoms with E-state index in [0.29, 0.717) is 19.0 Å². The number of methoxy groups -OCH3 is 1. The Labute approximate surface area is 175 Å². The van der Waals surface area contributed by atoms with Crippen LogP contribution < -0.4 is 5.32 Å². The van der Waals surface area contributed by atoms with Crippen LogP contribution >= 0.6 is 0 Å². The third-order valence-electron chi connectivity index (χ3n) is 4.95. The first-order valence-electron chi connectivity index (χ1n) is 9.60. The summed E-state index contributed by atoms with van der Waals surface area (Å²) in [7, 11) is 1.61. The number of H-pyrrole nitrogens is 1. The van der Waals surface area contributed by atoms with Gasteiger partial charge in [0.2, 0.25) is 5.82 Å². The number of aromatic nitrogens is 4. The largest absolute Gasteiger partial charge is 0.449 e. The molecule has 0 aliphatic rings. The summed E-state index contributed by atoms with van der Waals surface area (Å²) in [5.41, 5.74) is 2.22. The number of hydrogen-bond donors (Lipinski definition) is 2. The van der Waals surface area contributed by atoms with Crippen molar-refractivity contribution in [2.45, 2.75) is 25.7 Å². The maximum Gasteiger partial charge on any atom is 0.449 e. The van der Waals surface area contributed by atoms with Gasteiger partial charge in [0.25, 0.3) is 5.91 Å². The summed E-state index contributed by atoms with van der Waals surface area (Å²) in [5, 5.41) is 2.87. The zero-order valence-corrected chi connectivity index (χ0v) is 16.8. The first kappa shape index (κ1) is 20.9. The number of amides is 1. The van der Waals surface area contributed by atoms with Gasteiger partial charge in [0, 0.05) is 19.2 Å². The van der Waals surface area contributed by atoms with E-state index in [-0.39, 0.29) is 16.6 Å². The van der Waals surface area contributed by atoms with Crippen molar-refractivity contribution >= 4 is 28.0 Å². The van der Waals surface area contributed by atoms with E-state index < -0.39 is 23.9 Å². The number of nitrogens with one attached hydrogen (secondary N) is 2. The quantitative estimate of drug-likeness (QED) is 0.482. The number of imidazole rings is 2. The first-order valence-corrected chi connectivity index (χ1v) is 9.60. The van der Waals surface area contributed by atoms with Crippen LogP contribution in [0.4, 0.5) is 13.2 Å². The molecule has 4 rings (SSSR count). The van der Waals surface area contributed by atoms with Crippen LogP contribution in [0.5, 0.6) is 0 Å². The molecular weight excluding hydrogens is 411 g/mol. The number of aromatic amines is 1. The summed E-state index contributed by atoms with van der Waals surface area (Å²) in [6.07, 6.45) is -4.59. The second-order valence-electron chi connectivity index (χ2n) is 7.11. The third kappa shape index (κ3) is 4.11. The molecule has 0 radical (unpaired) electrons. The number of halogens is 3. The summed E-state index contributed by atoms with van der Waals surface area (Å²) in [6, 6.07) is 11.4. The number of hydrogen-bond acceptors (Lipinski definition) is 4. The fourth-order valence-electron chi connectivity index (χ4n) is 3.47. The van der Waals surface area contributed by atoms with Crippen molar-refractivity contribution in [3.63, 3.8) is 0 Å². The van der Waals surface area contributed by atoms with Crippen LogP contribution in [0.1, 0.15) is 35.0 Å². The van der Waals surface area contributed by atoms with E-state index >= 15 is 0 Å². The molecule has 2 N–H and O–H groups in total. The van der Waals surface area contributed by atoms with Crippen molar-refractivity contribution in [3.8, 4) is 0 Å². The van der Waals surface area contributed by atoms with Crippen molar-refractivity contribution in [2.75, 3.05) is 13.7 Å². The van der Waals surface area contributed by atoms with E-state index in [1.165, 1.54) is 18.2 Å². The lowest BCUT2D eigenvalue weighted by Gasteiger charge is -2.16. The lowest BCUT2D eigenvalue weighted by Crippen LogP contribution is -2.29. The molecule has 162 valence electrons. The Morgan fingerprint density at radius 3 is 2.71 bits per heavy atom. The molecule has 10 heteroatoms. The maximum atomic E-state index is 12.9. The fraction of sp³-hybridized carbons (Fsp3) is 0.286. The number of para-hydroxylation sites is 2. The molecule has 7 nitrogen and oxygen atoms in total. The molecule has 0 saturated carbocycles. The Bertz CT molecular complexity index is 1250. The smallest absolute Gasteiger partial charge is 0.383 e. The highest BCUT2D eigenvalue weighted by Gasteiger charge is 2.34. The minimum atomic E-state index is -4.59. The SMILES string of the molecule is COCCn1c([C@H](C)NC(=O)c2ccc3nc(C(F)(F)F)[nH]c3c2)nc2ccccc21. The van der Waals surface area contributed by atoms with Crippen LogP contribution in [0.3, 0.4) is 0 Å². The summed E-state index contributed by atoms with van der Waals surface area (Å²) in [6.45, 7) is 2.85. The van der Waals surface area contributed by atoms with Crippen LogP contribution in [-0.2, 0) is 17.5 Å². The van der Waals surface area contributed by atoms with Gasteiger partial charge < -0.3 is 19.6 Å². The third-order valence-corrected chi connectivity index (χ3v) is 4.95. The Morgan fingerprint density at radius 2 is 1.97 bits per heavy atom. The second kappa shape index (κ2) is 8.03. The van der Waals surface area contributed by atoms with Gasteiger partial charge in [0.1, 0.15) is 5.82 Å². The highest BCUT2D eigenvalue weighted by Crippen LogP contribution is 2.29. The summed E-state index contributed by atoms with van der Waals surface area (Å²) in [5.74, 6) is -0.864. The molecule has 2 aromatic heterocycles. The van der Waals surface area contributed by atoms with Crippen LogP contribution in [0.2, 0.25) is 0 Å². The van der Waals surface area contributed by atoms with Gasteiger partial charge in [0.15, 0.2) is 0 Å². The standard InChI is InChI=1S/C21H20F3N5O2/c1-12(18-26-15-5-3-4-6-17(15)29(18)9-10-31-2)25-19(30)13-7-8-14-16(11-13)28-20(27-14)21(22,23)24/h3-8,11-12H,9-10H2,1-2H3,(H,25,30)(H,27,28)/t12-/m0/s1. The van der Waals surface area contributed by atoms with Crippen LogP contribution in [0.15, 0.2) is 42.5 Å². The number of fused-ring (bicyclic) bond motifs is 2. The van der Waals surface area contributed by atoms with E-state index in [9.17, 15) is 18.0 Å². The fourth-order valence-corrected chi connectivity index (χ4v) is 3.47. The monoisotopic (exact) mass is 431 g/mol. The minimum absolute atomic E-state index is 0.137. The number of ether oxygens (including phenoxy) is 1. The molecule has 4 aromatic rings. The molecule has 0 spiro atoms. The van der Waals surface area contributed by atoms with Crippen molar-refractivity contribution in [1.29, 1.82) is 0 Å². The number of nitrogens with zero attached hydrogens (tertiary/aromatic N) is 3. The average Bonchev–Trinajstić information content (AvgIpc) is 3.33. The zero-order chi connectivity index (χ0) is 22.2. The molecule has 0 saturated heterocycles. The number of carbonyl (C=O) groups is 1. The van der Waals surface area contributed by atoms with Crippen molar-refractivity contribution in [1.82, 2.24) is 24.8 Å². The van der Waals surface area contributed by atoms with E-state index in [1.54, 1.807) is 14.0 Å². The van der Waals surface area contributed by atoms with Gasteiger partial charge in [0.05, 0.1) is 34.7 Å². The summed E-state index contributed by atoms with van der Waals surface area (Å²) in [4.78, 5) is 23.2. The number of carbonyl (C=O) groups excluding carboxylic acids is 1. The lowest BCUT2D eigenvalue weighted by molar-refractivity contribution is -0.144. The molecule has 2 heterocycles. The highest BCUT2D eigenvalue weighted by molar-refractivity contribution is 5.97. The van der Waals surface area contributed by atoms with Gasteiger partial charge in [-0.05, 0) is 37.3 Å². The Kier molecular flexibility index (Phi) is 5.40. The van der Waals surface area contributed by atoms with Gasteiger partial charge in [-0.3, -0.25) is 4.79 Å². The van der Waals surface area contributed by atoms with E-state index in [0.717, 1.165) is 11.0 Å². The summed E-state index contributed by atoms with van der Waals surface area (Å²) >= 11 is 0. The van der Waals surface area contributed by atoms with Gasteiger partial charge in [-0.25, -0.2) is 9.97 Å². The maximum absolute atomic E-state index is 12.9. The zero-order valence-electron chi connectivity index (χ0n) is 16.8. The molecule has 0 unspecified atom stereocenters. The average molecular weight is 431 g/mol. The normalized spacial score (nSPS) is 13.1. The molecule has 0 fully saturated rings. The van der Waals surface area contributed by atoms with Crippen LogP contribution in [0.25, 0.3) is 22.1 Å². The number of alkyl halides is 3. The Balaban J connectivity index is 1.60. The Morgan fingerprint density at radius 1 is 1.19 bits per heavy atom.